The molecule has 2 aliphatic rings. The third-order valence-corrected chi connectivity index (χ3v) is 3.14. The molecule has 0 aromatic carbocycles. The van der Waals surface area contributed by atoms with Crippen LogP contribution in [0.25, 0.3) is 0 Å². The van der Waals surface area contributed by atoms with E-state index in [-0.39, 0.29) is 6.03 Å². The molecule has 1 N–H and O–H groups in total. The van der Waals surface area contributed by atoms with E-state index in [2.05, 4.69) is 18.3 Å². The molecule has 0 spiro atoms. The van der Waals surface area contributed by atoms with Crippen LogP contribution in [0.5, 0.6) is 0 Å². The highest BCUT2D eigenvalue weighted by molar-refractivity contribution is 5.75. The minimum absolute atomic E-state index is 0.0680. The number of hydrogen-bond donors (Lipinski definition) is 1. The van der Waals surface area contributed by atoms with E-state index in [0.717, 1.165) is 25.4 Å². The second-order valence-corrected chi connectivity index (χ2v) is 4.84. The lowest BCUT2D eigenvalue weighted by atomic mass is 10.0. The maximum atomic E-state index is 11.7. The number of hydrogen-bond acceptors (Lipinski definition) is 1. The van der Waals surface area contributed by atoms with Crippen LogP contribution in [-0.2, 0) is 0 Å². The van der Waals surface area contributed by atoms with Crippen LogP contribution in [0.1, 0.15) is 32.6 Å². The number of nitrogens with one attached hydrogen (secondary N) is 1. The highest BCUT2D eigenvalue weighted by atomic mass is 16.2. The fourth-order valence-electron chi connectivity index (χ4n) is 2.01. The molecule has 1 saturated carbocycles. The summed E-state index contributed by atoms with van der Waals surface area (Å²) in [5.74, 6) is 1.38. The molecule has 0 aromatic rings. The largest absolute Gasteiger partial charge is 0.324 e. The van der Waals surface area contributed by atoms with Gasteiger partial charge >= 0.3 is 6.03 Å². The normalized spacial score (nSPS) is 27.0. The van der Waals surface area contributed by atoms with E-state index >= 15 is 0 Å². The number of piperidine rings is 1. The van der Waals surface area contributed by atoms with Crippen molar-refractivity contribution in [1.82, 2.24) is 10.2 Å². The highest BCUT2D eigenvalue weighted by Gasteiger charge is 2.20. The van der Waals surface area contributed by atoms with Crippen LogP contribution in [0.15, 0.2) is 12.3 Å². The van der Waals surface area contributed by atoms with E-state index in [1.807, 2.05) is 11.1 Å². The lowest BCUT2D eigenvalue weighted by Crippen LogP contribution is -2.43. The summed E-state index contributed by atoms with van der Waals surface area (Å²) in [5.41, 5.74) is 0. The Morgan fingerprint density at radius 1 is 1.40 bits per heavy atom. The molecule has 0 aromatic heterocycles. The van der Waals surface area contributed by atoms with Crippen LogP contribution in [0, 0.1) is 11.8 Å². The second-order valence-electron chi connectivity index (χ2n) is 4.84. The summed E-state index contributed by atoms with van der Waals surface area (Å²) < 4.78 is 0. The molecular weight excluding hydrogens is 188 g/mol. The van der Waals surface area contributed by atoms with E-state index in [4.69, 9.17) is 0 Å². The number of nitrogens with zero attached hydrogens (tertiary/aromatic N) is 1. The van der Waals surface area contributed by atoms with Crippen molar-refractivity contribution < 1.29 is 4.79 Å². The Labute approximate surface area is 91.5 Å². The lowest BCUT2D eigenvalue weighted by Gasteiger charge is -2.30. The molecule has 1 unspecified atom stereocenters. The van der Waals surface area contributed by atoms with Gasteiger partial charge in [-0.15, -0.1) is 0 Å². The molecule has 3 heteroatoms. The molecule has 2 rings (SSSR count). The SMILES string of the molecule is CC1CCCN(C(=O)N/C=C/C2CC2)C1. The first kappa shape index (κ1) is 10.5. The number of carbonyl (C=O) groups excluding carboxylic acids is 1. The highest BCUT2D eigenvalue weighted by Crippen LogP contribution is 2.29. The zero-order chi connectivity index (χ0) is 10.7. The van der Waals surface area contributed by atoms with Crippen molar-refractivity contribution in [1.29, 1.82) is 0 Å². The fourth-order valence-corrected chi connectivity index (χ4v) is 2.01. The Morgan fingerprint density at radius 2 is 2.20 bits per heavy atom. The van der Waals surface area contributed by atoms with Gasteiger partial charge in [-0.1, -0.05) is 13.0 Å². The van der Waals surface area contributed by atoms with Gasteiger partial charge in [0, 0.05) is 19.3 Å². The molecule has 0 bridgehead atoms. The average Bonchev–Trinajstić information content (AvgIpc) is 3.01. The summed E-state index contributed by atoms with van der Waals surface area (Å²) in [6.45, 7) is 4.02. The maximum Gasteiger partial charge on any atom is 0.321 e. The Kier molecular flexibility index (Phi) is 3.29. The Hall–Kier alpha value is -0.990. The van der Waals surface area contributed by atoms with Crippen molar-refractivity contribution in [2.45, 2.75) is 32.6 Å². The molecule has 1 atom stereocenters. The van der Waals surface area contributed by atoms with Gasteiger partial charge in [-0.3, -0.25) is 0 Å². The summed E-state index contributed by atoms with van der Waals surface area (Å²) in [6.07, 6.45) is 8.88. The summed E-state index contributed by atoms with van der Waals surface area (Å²) in [4.78, 5) is 13.6. The number of rotatable bonds is 2. The van der Waals surface area contributed by atoms with Gasteiger partial charge in [0.25, 0.3) is 0 Å². The third-order valence-electron chi connectivity index (χ3n) is 3.14. The smallest absolute Gasteiger partial charge is 0.321 e. The van der Waals surface area contributed by atoms with Crippen molar-refractivity contribution in [2.24, 2.45) is 11.8 Å². The first-order valence-electron chi connectivity index (χ1n) is 5.98. The Balaban J connectivity index is 1.73. The molecule has 1 heterocycles. The molecule has 84 valence electrons. The zero-order valence-electron chi connectivity index (χ0n) is 9.41. The quantitative estimate of drug-likeness (QED) is 0.742. The maximum absolute atomic E-state index is 11.7. The zero-order valence-corrected chi connectivity index (χ0v) is 9.41. The van der Waals surface area contributed by atoms with Crippen molar-refractivity contribution in [3.8, 4) is 0 Å². The Bertz CT molecular complexity index is 258. The van der Waals surface area contributed by atoms with Gasteiger partial charge in [-0.05, 0) is 37.5 Å². The van der Waals surface area contributed by atoms with Gasteiger partial charge in [0.1, 0.15) is 0 Å². The van der Waals surface area contributed by atoms with Crippen LogP contribution in [0.2, 0.25) is 0 Å². The van der Waals surface area contributed by atoms with Gasteiger partial charge < -0.3 is 10.2 Å². The second kappa shape index (κ2) is 4.69. The predicted octanol–water partition coefficient (Wildman–Crippen LogP) is 2.35. The van der Waals surface area contributed by atoms with E-state index in [1.54, 1.807) is 0 Å². The van der Waals surface area contributed by atoms with Crippen molar-refractivity contribution in [3.63, 3.8) is 0 Å². The monoisotopic (exact) mass is 208 g/mol. The molecule has 3 nitrogen and oxygen atoms in total. The Morgan fingerprint density at radius 3 is 2.87 bits per heavy atom. The van der Waals surface area contributed by atoms with Crippen molar-refractivity contribution in [3.05, 3.63) is 12.3 Å². The predicted molar refractivity (Wildman–Crippen MR) is 60.4 cm³/mol. The minimum Gasteiger partial charge on any atom is -0.324 e. The van der Waals surface area contributed by atoms with E-state index < -0.39 is 0 Å². The summed E-state index contributed by atoms with van der Waals surface area (Å²) in [5, 5.41) is 2.85. The van der Waals surface area contributed by atoms with E-state index in [0.29, 0.717) is 5.92 Å². The van der Waals surface area contributed by atoms with Crippen LogP contribution < -0.4 is 5.32 Å². The number of urea groups is 1. The van der Waals surface area contributed by atoms with Gasteiger partial charge in [-0.2, -0.15) is 0 Å². The van der Waals surface area contributed by atoms with Crippen LogP contribution in [0.4, 0.5) is 4.79 Å². The molecule has 1 aliphatic carbocycles. The molecule has 15 heavy (non-hydrogen) atoms. The van der Waals surface area contributed by atoms with E-state index in [9.17, 15) is 4.79 Å². The van der Waals surface area contributed by atoms with E-state index in [1.165, 1.54) is 19.3 Å². The molecule has 1 saturated heterocycles. The number of carbonyl (C=O) groups is 1. The van der Waals surface area contributed by atoms with Gasteiger partial charge in [0.15, 0.2) is 0 Å². The lowest BCUT2D eigenvalue weighted by molar-refractivity contribution is 0.173. The summed E-state index contributed by atoms with van der Waals surface area (Å²) in [7, 11) is 0. The number of amides is 2. The van der Waals surface area contributed by atoms with Gasteiger partial charge in [0.05, 0.1) is 0 Å². The molecule has 1 aliphatic heterocycles. The van der Waals surface area contributed by atoms with Crippen LogP contribution in [0.3, 0.4) is 0 Å². The first-order chi connectivity index (χ1) is 7.25. The van der Waals surface area contributed by atoms with Crippen LogP contribution in [-0.4, -0.2) is 24.0 Å². The third kappa shape index (κ3) is 3.26. The first-order valence-corrected chi connectivity index (χ1v) is 5.98. The van der Waals surface area contributed by atoms with Gasteiger partial charge in [0.2, 0.25) is 0 Å². The van der Waals surface area contributed by atoms with Crippen LogP contribution >= 0.6 is 0 Å². The van der Waals surface area contributed by atoms with Crippen molar-refractivity contribution in [2.75, 3.05) is 13.1 Å². The molecule has 2 amide bonds. The summed E-state index contributed by atoms with van der Waals surface area (Å²) in [6, 6.07) is 0.0680. The minimum atomic E-state index is 0.0680. The van der Waals surface area contributed by atoms with Gasteiger partial charge in [-0.25, -0.2) is 4.79 Å². The number of likely N-dealkylation sites (tertiary alicyclic amines) is 1. The number of allylic oxidation sites excluding steroid dienone is 1. The summed E-state index contributed by atoms with van der Waals surface area (Å²) >= 11 is 0. The topological polar surface area (TPSA) is 32.3 Å². The molecule has 2 fully saturated rings. The average molecular weight is 208 g/mol. The van der Waals surface area contributed by atoms with Crippen molar-refractivity contribution >= 4 is 6.03 Å². The standard InChI is InChI=1S/C12H20N2O/c1-10-3-2-8-14(9-10)12(15)13-7-6-11-4-5-11/h6-7,10-11H,2-5,8-9H2,1H3,(H,13,15)/b7-6+. The fraction of sp³-hybridized carbons (Fsp3) is 0.750. The molecular formula is C12H20N2O. The molecule has 0 radical (unpaired) electrons.